The zero-order chi connectivity index (χ0) is 35.8. The number of nitrogens with two attached hydrogens (primary N) is 4. The summed E-state index contributed by atoms with van der Waals surface area (Å²) in [5, 5.41) is 27.5. The third-order valence-corrected chi connectivity index (χ3v) is 7.36. The Hall–Kier alpha value is -6.12. The highest BCUT2D eigenvalue weighted by Gasteiger charge is 2.31. The van der Waals surface area contributed by atoms with Crippen molar-refractivity contribution < 1.29 is 29.4 Å². The van der Waals surface area contributed by atoms with Crippen LogP contribution in [0.4, 0.5) is 0 Å². The third kappa shape index (κ3) is 13.3. The zero-order valence-corrected chi connectivity index (χ0v) is 26.9. The molecule has 260 valence electrons. The molecule has 4 atom stereocenters. The minimum Gasteiger partial charge on any atom is -0.508 e. The van der Waals surface area contributed by atoms with Crippen molar-refractivity contribution in [1.29, 1.82) is 0 Å². The van der Waals surface area contributed by atoms with Gasteiger partial charge in [0.2, 0.25) is 17.7 Å². The van der Waals surface area contributed by atoms with Gasteiger partial charge in [0, 0.05) is 25.8 Å². The number of aromatic hydroxyl groups is 1. The highest BCUT2D eigenvalue weighted by molar-refractivity contribution is 5.95. The maximum absolute atomic E-state index is 13.8. The summed E-state index contributed by atoms with van der Waals surface area (Å²) in [5.41, 5.74) is 24.1. The Labute approximate surface area is 283 Å². The molecule has 0 saturated heterocycles. The molecule has 0 aliphatic rings. The van der Waals surface area contributed by atoms with Crippen LogP contribution in [0.15, 0.2) is 94.9 Å². The molecule has 3 amide bonds. The molecule has 0 bridgehead atoms. The molecule has 3 aromatic rings. The van der Waals surface area contributed by atoms with E-state index in [4.69, 9.17) is 22.9 Å². The third-order valence-electron chi connectivity index (χ3n) is 7.36. The van der Waals surface area contributed by atoms with Gasteiger partial charge in [-0.2, -0.15) is 0 Å². The smallest absolute Gasteiger partial charge is 0.326 e. The Morgan fingerprint density at radius 1 is 0.612 bits per heavy atom. The first kappa shape index (κ1) is 37.3. The SMILES string of the molecule is NC(N)=NCCC[C@@H](NC(=O)[C@H](Cc1ccc(O)cc1)N=C(N)N)C(=O)N[C@@H](Cc1ccccc1)C(=O)N[C@@H](Cc1ccccc1)C(=O)O. The minimum absolute atomic E-state index is 0.0185. The molecule has 0 unspecified atom stereocenters. The van der Waals surface area contributed by atoms with Gasteiger partial charge in [-0.3, -0.25) is 19.4 Å². The largest absolute Gasteiger partial charge is 0.508 e. The van der Waals surface area contributed by atoms with Crippen LogP contribution in [0.25, 0.3) is 0 Å². The van der Waals surface area contributed by atoms with Gasteiger partial charge in [-0.15, -0.1) is 0 Å². The van der Waals surface area contributed by atoms with Crippen molar-refractivity contribution in [2.45, 2.75) is 56.3 Å². The van der Waals surface area contributed by atoms with Gasteiger partial charge in [0.1, 0.15) is 29.9 Å². The van der Waals surface area contributed by atoms with E-state index in [2.05, 4.69) is 25.9 Å². The van der Waals surface area contributed by atoms with Crippen LogP contribution in [-0.2, 0) is 38.4 Å². The number of phenolic OH excluding ortho intramolecular Hbond substituents is 1. The van der Waals surface area contributed by atoms with E-state index < -0.39 is 47.9 Å². The van der Waals surface area contributed by atoms with Gasteiger partial charge in [0.05, 0.1) is 0 Å². The summed E-state index contributed by atoms with van der Waals surface area (Å²) in [6, 6.07) is 19.0. The predicted octanol–water partition coefficient (Wildman–Crippen LogP) is -0.345. The number of amides is 3. The Morgan fingerprint density at radius 2 is 1.10 bits per heavy atom. The van der Waals surface area contributed by atoms with Crippen LogP contribution in [0, 0.1) is 0 Å². The molecule has 13 N–H and O–H groups in total. The second-order valence-corrected chi connectivity index (χ2v) is 11.3. The van der Waals surface area contributed by atoms with Crippen LogP contribution in [0.2, 0.25) is 0 Å². The number of carboxylic acids is 1. The fourth-order valence-electron chi connectivity index (χ4n) is 4.93. The summed E-state index contributed by atoms with van der Waals surface area (Å²) in [5.74, 6) is -3.82. The summed E-state index contributed by atoms with van der Waals surface area (Å²) in [4.78, 5) is 61.1. The van der Waals surface area contributed by atoms with Crippen LogP contribution in [0.3, 0.4) is 0 Å². The lowest BCUT2D eigenvalue weighted by Crippen LogP contribution is -2.57. The number of benzene rings is 3. The average Bonchev–Trinajstić information content (AvgIpc) is 3.06. The molecule has 3 rings (SSSR count). The first-order valence-electron chi connectivity index (χ1n) is 15.5. The summed E-state index contributed by atoms with van der Waals surface area (Å²) < 4.78 is 0. The first-order chi connectivity index (χ1) is 23.4. The Bertz CT molecular complexity index is 1590. The number of aliphatic imine (C=N–C) groups is 2. The number of hydrogen-bond acceptors (Lipinski definition) is 7. The van der Waals surface area contributed by atoms with Gasteiger partial charge in [-0.05, 0) is 41.7 Å². The molecule has 3 aromatic carbocycles. The van der Waals surface area contributed by atoms with Crippen LogP contribution < -0.4 is 38.9 Å². The van der Waals surface area contributed by atoms with E-state index in [9.17, 15) is 29.4 Å². The number of aliphatic carboxylic acids is 1. The van der Waals surface area contributed by atoms with E-state index in [1.807, 2.05) is 0 Å². The van der Waals surface area contributed by atoms with Crippen molar-refractivity contribution in [1.82, 2.24) is 16.0 Å². The molecule has 0 spiro atoms. The van der Waals surface area contributed by atoms with Gasteiger partial charge < -0.3 is 49.1 Å². The number of phenols is 1. The highest BCUT2D eigenvalue weighted by Crippen LogP contribution is 2.14. The Morgan fingerprint density at radius 3 is 1.63 bits per heavy atom. The average molecular weight is 674 g/mol. The summed E-state index contributed by atoms with van der Waals surface area (Å²) in [7, 11) is 0. The zero-order valence-electron chi connectivity index (χ0n) is 26.9. The van der Waals surface area contributed by atoms with Crippen molar-refractivity contribution in [2.24, 2.45) is 32.9 Å². The van der Waals surface area contributed by atoms with Gasteiger partial charge in [-0.1, -0.05) is 72.8 Å². The lowest BCUT2D eigenvalue weighted by atomic mass is 10.0. The molecule has 15 heteroatoms. The molecular formula is C34H43N9O6. The quantitative estimate of drug-likeness (QED) is 0.0481. The molecule has 0 heterocycles. The summed E-state index contributed by atoms with van der Waals surface area (Å²) in [6.45, 7) is 0.153. The maximum Gasteiger partial charge on any atom is 0.326 e. The topological polar surface area (TPSA) is 274 Å². The number of nitrogens with one attached hydrogen (secondary N) is 3. The summed E-state index contributed by atoms with van der Waals surface area (Å²) in [6.07, 6.45) is 0.429. The molecular weight excluding hydrogens is 630 g/mol. The van der Waals surface area contributed by atoms with Gasteiger partial charge in [0.15, 0.2) is 11.9 Å². The number of nitrogens with zero attached hydrogens (tertiary/aromatic N) is 2. The number of carbonyl (C=O) groups excluding carboxylic acids is 3. The van der Waals surface area contributed by atoms with Crippen molar-refractivity contribution >= 4 is 35.6 Å². The second kappa shape index (κ2) is 18.9. The van der Waals surface area contributed by atoms with Gasteiger partial charge in [0.25, 0.3) is 0 Å². The second-order valence-electron chi connectivity index (χ2n) is 11.3. The Kier molecular flexibility index (Phi) is 14.4. The van der Waals surface area contributed by atoms with Crippen molar-refractivity contribution in [3.8, 4) is 5.75 Å². The molecule has 0 fully saturated rings. The number of carboxylic acid groups (broad SMARTS) is 1. The monoisotopic (exact) mass is 673 g/mol. The van der Waals surface area contributed by atoms with Gasteiger partial charge >= 0.3 is 5.97 Å². The molecule has 15 nitrogen and oxygen atoms in total. The lowest BCUT2D eigenvalue weighted by molar-refractivity contribution is -0.142. The number of hydrogen-bond donors (Lipinski definition) is 9. The maximum atomic E-state index is 13.8. The van der Waals surface area contributed by atoms with E-state index in [1.54, 1.807) is 72.8 Å². The van der Waals surface area contributed by atoms with Crippen LogP contribution >= 0.6 is 0 Å². The van der Waals surface area contributed by atoms with Crippen molar-refractivity contribution in [3.63, 3.8) is 0 Å². The van der Waals surface area contributed by atoms with E-state index in [1.165, 1.54) is 12.1 Å². The van der Waals surface area contributed by atoms with Crippen molar-refractivity contribution in [3.05, 3.63) is 102 Å². The fraction of sp³-hybridized carbons (Fsp3) is 0.294. The number of carbonyl (C=O) groups is 4. The lowest BCUT2D eigenvalue weighted by Gasteiger charge is -2.25. The highest BCUT2D eigenvalue weighted by atomic mass is 16.4. The fourth-order valence-corrected chi connectivity index (χ4v) is 4.93. The molecule has 49 heavy (non-hydrogen) atoms. The molecule has 0 radical (unpaired) electrons. The number of rotatable bonds is 18. The van der Waals surface area contributed by atoms with E-state index in [0.29, 0.717) is 16.7 Å². The van der Waals surface area contributed by atoms with Crippen LogP contribution in [0.5, 0.6) is 5.75 Å². The van der Waals surface area contributed by atoms with Crippen LogP contribution in [-0.4, -0.2) is 76.5 Å². The molecule has 0 aliphatic heterocycles. The predicted molar refractivity (Wildman–Crippen MR) is 185 cm³/mol. The Balaban J connectivity index is 1.86. The summed E-state index contributed by atoms with van der Waals surface area (Å²) >= 11 is 0. The van der Waals surface area contributed by atoms with Crippen LogP contribution in [0.1, 0.15) is 29.5 Å². The van der Waals surface area contributed by atoms with E-state index in [-0.39, 0.29) is 56.3 Å². The normalized spacial score (nSPS) is 13.1. The van der Waals surface area contributed by atoms with Gasteiger partial charge in [-0.25, -0.2) is 9.79 Å². The molecule has 0 saturated carbocycles. The standard InChI is InChI=1S/C34H43N9O6/c35-33(36)39-17-7-12-25(40-31(47)27(43-34(37)38)19-23-13-15-24(44)16-14-23)29(45)41-26(18-21-8-3-1-4-9-21)30(46)42-28(32(48)49)20-22-10-5-2-6-11-22/h1-6,8-11,13-16,25-28,44H,7,12,17-20H2,(H,40,47)(H,41,45)(H,42,46)(H,48,49)(H4,35,36,39)(H4,37,38,43)/t25-,26+,27+,28+/m1/s1. The van der Waals surface area contributed by atoms with E-state index in [0.717, 1.165) is 0 Å². The molecule has 0 aromatic heterocycles. The van der Waals surface area contributed by atoms with E-state index >= 15 is 0 Å². The molecule has 0 aliphatic carbocycles. The van der Waals surface area contributed by atoms with Crippen molar-refractivity contribution in [2.75, 3.05) is 6.54 Å². The number of guanidine groups is 2. The first-order valence-corrected chi connectivity index (χ1v) is 15.5. The minimum atomic E-state index is -1.28.